The van der Waals surface area contributed by atoms with Crippen LogP contribution < -0.4 is 5.32 Å². The predicted molar refractivity (Wildman–Crippen MR) is 58.1 cm³/mol. The zero-order valence-electron chi connectivity index (χ0n) is 9.52. The minimum absolute atomic E-state index is 0.134. The fourth-order valence-electron chi connectivity index (χ4n) is 2.03. The van der Waals surface area contributed by atoms with Crippen molar-refractivity contribution in [3.63, 3.8) is 0 Å². The largest absolute Gasteiger partial charge is 0.480 e. The van der Waals surface area contributed by atoms with Crippen LogP contribution in [0.4, 0.5) is 0 Å². The summed E-state index contributed by atoms with van der Waals surface area (Å²) < 4.78 is 0. The fraction of sp³-hybridized carbons (Fsp3) is 0.727. The van der Waals surface area contributed by atoms with Crippen molar-refractivity contribution in [1.29, 1.82) is 0 Å². The van der Waals surface area contributed by atoms with Crippen molar-refractivity contribution in [2.45, 2.75) is 31.7 Å². The number of aliphatic carboxylic acids is 1. The minimum Gasteiger partial charge on any atom is -0.480 e. The second-order valence-corrected chi connectivity index (χ2v) is 4.71. The van der Waals surface area contributed by atoms with E-state index in [0.717, 1.165) is 12.8 Å². The van der Waals surface area contributed by atoms with E-state index < -0.39 is 12.0 Å². The summed E-state index contributed by atoms with van der Waals surface area (Å²) in [5.41, 5.74) is 0. The van der Waals surface area contributed by atoms with E-state index in [-0.39, 0.29) is 18.4 Å². The van der Waals surface area contributed by atoms with Gasteiger partial charge in [-0.3, -0.25) is 14.4 Å². The number of hydrogen-bond donors (Lipinski definition) is 2. The maximum absolute atomic E-state index is 12.0. The third kappa shape index (κ3) is 3.18. The van der Waals surface area contributed by atoms with Crippen LogP contribution in [0.15, 0.2) is 0 Å². The number of carboxylic acids is 1. The number of carbonyl (C=O) groups is 3. The van der Waals surface area contributed by atoms with Crippen LogP contribution in [0.3, 0.4) is 0 Å². The van der Waals surface area contributed by atoms with E-state index in [1.807, 2.05) is 0 Å². The molecule has 6 nitrogen and oxygen atoms in total. The lowest BCUT2D eigenvalue weighted by Crippen LogP contribution is -2.47. The standard InChI is InChI=1S/C11H16N2O4/c14-9-4-3-8(12-9)11(17)13(6-10(15)16)5-7-1-2-7/h7-8H,1-6H2,(H,12,14)(H,15,16)/t8-/m1/s1. The Kier molecular flexibility index (Phi) is 3.31. The van der Waals surface area contributed by atoms with E-state index >= 15 is 0 Å². The summed E-state index contributed by atoms with van der Waals surface area (Å²) in [6.45, 7) is 0.221. The molecular weight excluding hydrogens is 224 g/mol. The van der Waals surface area contributed by atoms with Gasteiger partial charge >= 0.3 is 5.97 Å². The molecular formula is C11H16N2O4. The van der Waals surface area contributed by atoms with Crippen molar-refractivity contribution in [2.75, 3.05) is 13.1 Å². The van der Waals surface area contributed by atoms with Crippen molar-refractivity contribution >= 4 is 17.8 Å². The monoisotopic (exact) mass is 240 g/mol. The van der Waals surface area contributed by atoms with E-state index in [4.69, 9.17) is 5.11 Å². The molecule has 2 amide bonds. The Morgan fingerprint density at radius 2 is 2.06 bits per heavy atom. The van der Waals surface area contributed by atoms with Crippen LogP contribution in [0, 0.1) is 5.92 Å². The highest BCUT2D eigenvalue weighted by Crippen LogP contribution is 2.30. The molecule has 1 atom stereocenters. The number of hydrogen-bond acceptors (Lipinski definition) is 3. The molecule has 0 aromatic rings. The maximum atomic E-state index is 12.0. The minimum atomic E-state index is -1.01. The number of carboxylic acid groups (broad SMARTS) is 1. The van der Waals surface area contributed by atoms with Crippen molar-refractivity contribution in [3.8, 4) is 0 Å². The van der Waals surface area contributed by atoms with Crippen LogP contribution in [0.1, 0.15) is 25.7 Å². The summed E-state index contributed by atoms with van der Waals surface area (Å²) in [7, 11) is 0. The van der Waals surface area contributed by atoms with E-state index in [1.165, 1.54) is 4.90 Å². The second kappa shape index (κ2) is 4.73. The molecule has 2 rings (SSSR count). The summed E-state index contributed by atoms with van der Waals surface area (Å²) in [6.07, 6.45) is 2.93. The number of amides is 2. The van der Waals surface area contributed by atoms with Crippen LogP contribution in [-0.4, -0.2) is 46.9 Å². The molecule has 17 heavy (non-hydrogen) atoms. The second-order valence-electron chi connectivity index (χ2n) is 4.71. The Balaban J connectivity index is 1.95. The number of carbonyl (C=O) groups excluding carboxylic acids is 2. The van der Waals surface area contributed by atoms with Gasteiger partial charge in [-0.1, -0.05) is 0 Å². The first-order valence-electron chi connectivity index (χ1n) is 5.86. The molecule has 94 valence electrons. The lowest BCUT2D eigenvalue weighted by molar-refractivity contribution is -0.145. The fourth-order valence-corrected chi connectivity index (χ4v) is 2.03. The van der Waals surface area contributed by atoms with Gasteiger partial charge in [-0.05, 0) is 25.2 Å². The molecule has 0 bridgehead atoms. The normalized spacial score (nSPS) is 23.3. The Labute approximate surface area is 99.0 Å². The number of rotatable bonds is 5. The van der Waals surface area contributed by atoms with E-state index in [1.54, 1.807) is 0 Å². The van der Waals surface area contributed by atoms with Gasteiger partial charge in [0.05, 0.1) is 0 Å². The van der Waals surface area contributed by atoms with E-state index in [0.29, 0.717) is 25.3 Å². The molecule has 0 unspecified atom stereocenters. The molecule has 0 radical (unpaired) electrons. The quantitative estimate of drug-likeness (QED) is 0.684. The Morgan fingerprint density at radius 3 is 2.53 bits per heavy atom. The lowest BCUT2D eigenvalue weighted by Gasteiger charge is -2.23. The van der Waals surface area contributed by atoms with E-state index in [2.05, 4.69) is 5.32 Å². The van der Waals surface area contributed by atoms with Crippen LogP contribution in [0.2, 0.25) is 0 Å². The van der Waals surface area contributed by atoms with Crippen LogP contribution in [-0.2, 0) is 14.4 Å². The van der Waals surface area contributed by atoms with Crippen molar-refractivity contribution in [1.82, 2.24) is 10.2 Å². The molecule has 0 aromatic heterocycles. The van der Waals surface area contributed by atoms with Gasteiger partial charge in [0, 0.05) is 13.0 Å². The summed E-state index contributed by atoms with van der Waals surface area (Å²) in [5.74, 6) is -0.964. The SMILES string of the molecule is O=C(O)CN(CC1CC1)C(=O)[C@H]1CCC(=O)N1. The molecule has 1 saturated carbocycles. The Bertz CT molecular complexity index is 351. The van der Waals surface area contributed by atoms with Crippen molar-refractivity contribution in [3.05, 3.63) is 0 Å². The first-order valence-corrected chi connectivity index (χ1v) is 5.86. The first kappa shape index (κ1) is 11.9. The van der Waals surface area contributed by atoms with Gasteiger partial charge in [0.25, 0.3) is 0 Å². The summed E-state index contributed by atoms with van der Waals surface area (Å²) in [5, 5.41) is 11.4. The van der Waals surface area contributed by atoms with Crippen LogP contribution in [0.25, 0.3) is 0 Å². The Morgan fingerprint density at radius 1 is 1.35 bits per heavy atom. The molecule has 1 heterocycles. The molecule has 2 aliphatic rings. The Hall–Kier alpha value is -1.59. The van der Waals surface area contributed by atoms with Crippen molar-refractivity contribution in [2.24, 2.45) is 5.92 Å². The molecule has 2 N–H and O–H groups in total. The van der Waals surface area contributed by atoms with Gasteiger partial charge in [-0.25, -0.2) is 0 Å². The van der Waals surface area contributed by atoms with E-state index in [9.17, 15) is 14.4 Å². The zero-order chi connectivity index (χ0) is 12.4. The molecule has 1 aliphatic heterocycles. The van der Waals surface area contributed by atoms with Crippen LogP contribution in [0.5, 0.6) is 0 Å². The lowest BCUT2D eigenvalue weighted by atomic mass is 10.2. The molecule has 0 spiro atoms. The van der Waals surface area contributed by atoms with Crippen LogP contribution >= 0.6 is 0 Å². The smallest absolute Gasteiger partial charge is 0.323 e. The molecule has 6 heteroatoms. The molecule has 2 fully saturated rings. The average molecular weight is 240 g/mol. The van der Waals surface area contributed by atoms with Gasteiger partial charge in [-0.15, -0.1) is 0 Å². The zero-order valence-corrected chi connectivity index (χ0v) is 9.52. The van der Waals surface area contributed by atoms with Gasteiger partial charge in [0.15, 0.2) is 0 Å². The average Bonchev–Trinajstić information content (AvgIpc) is 2.96. The highest BCUT2D eigenvalue weighted by Gasteiger charge is 2.34. The van der Waals surface area contributed by atoms with Gasteiger partial charge in [-0.2, -0.15) is 0 Å². The third-order valence-electron chi connectivity index (χ3n) is 3.11. The topological polar surface area (TPSA) is 86.7 Å². The first-order chi connectivity index (χ1) is 8.06. The predicted octanol–water partition coefficient (Wildman–Crippen LogP) is -0.412. The summed E-state index contributed by atoms with van der Waals surface area (Å²) >= 11 is 0. The highest BCUT2D eigenvalue weighted by molar-refractivity contribution is 5.92. The third-order valence-corrected chi connectivity index (χ3v) is 3.11. The summed E-state index contributed by atoms with van der Waals surface area (Å²) in [4.78, 5) is 35.1. The van der Waals surface area contributed by atoms with Gasteiger partial charge in [0.2, 0.25) is 11.8 Å². The molecule has 0 aromatic carbocycles. The van der Waals surface area contributed by atoms with Gasteiger partial charge < -0.3 is 15.3 Å². The molecule has 1 saturated heterocycles. The number of nitrogens with zero attached hydrogens (tertiary/aromatic N) is 1. The maximum Gasteiger partial charge on any atom is 0.323 e. The summed E-state index contributed by atoms with van der Waals surface area (Å²) in [6, 6.07) is -0.527. The van der Waals surface area contributed by atoms with Gasteiger partial charge in [0.1, 0.15) is 12.6 Å². The number of nitrogens with one attached hydrogen (secondary N) is 1. The highest BCUT2D eigenvalue weighted by atomic mass is 16.4. The molecule has 1 aliphatic carbocycles. The van der Waals surface area contributed by atoms with Crippen molar-refractivity contribution < 1.29 is 19.5 Å².